The van der Waals surface area contributed by atoms with Crippen LogP contribution in [-0.2, 0) is 47.4 Å². The minimum Gasteiger partial charge on any atom is -0.379 e. The average Bonchev–Trinajstić information content (AvgIpc) is 2.88. The van der Waals surface area contributed by atoms with Gasteiger partial charge in [-0.15, -0.1) is 0 Å². The van der Waals surface area contributed by atoms with E-state index in [1.807, 2.05) is 48.5 Å². The van der Waals surface area contributed by atoms with E-state index >= 15 is 0 Å². The van der Waals surface area contributed by atoms with E-state index in [4.69, 9.17) is 47.4 Å². The summed E-state index contributed by atoms with van der Waals surface area (Å²) in [5.41, 5.74) is 0. The number of hydrogen-bond acceptors (Lipinski definition) is 11. The minimum atomic E-state index is -1.19. The van der Waals surface area contributed by atoms with Crippen LogP contribution >= 0.6 is 0 Å². The number of aliphatic hydroxyl groups excluding tert-OH is 1. The van der Waals surface area contributed by atoms with E-state index in [0.29, 0.717) is 52.9 Å². The van der Waals surface area contributed by atoms with Crippen LogP contribution in [0.5, 0.6) is 0 Å². The maximum absolute atomic E-state index is 10.7. The van der Waals surface area contributed by atoms with Gasteiger partial charge in [0.1, 0.15) is 48.8 Å². The molecule has 10 atom stereocenters. The van der Waals surface area contributed by atoms with Gasteiger partial charge < -0.3 is 52.5 Å². The van der Waals surface area contributed by atoms with Gasteiger partial charge in [-0.05, 0) is 48.5 Å². The maximum atomic E-state index is 10.7. The topological polar surface area (TPSA) is 113 Å². The highest BCUT2D eigenvalue weighted by Crippen LogP contribution is 2.34. The number of hydrogen-bond donors (Lipinski definition) is 1. The summed E-state index contributed by atoms with van der Waals surface area (Å²) in [6.45, 7) is 17.0. The molecular formula is C26H50O11. The lowest BCUT2D eigenvalue weighted by molar-refractivity contribution is -0.369. The fourth-order valence-electron chi connectivity index (χ4n) is 4.84. The first-order valence-electron chi connectivity index (χ1n) is 13.9. The standard InChI is InChI=1S/C26H50O11/c1-8-28-15-17-19(30-10-3)21(31-11-4)24(34-14-7)26(36-17)37-20-18(16-29-9-2)35-25(27)23(33-13-6)22(20)32-12-5/h17-27H,8-16H2,1-7H3/t17?,18?,19?,20-,21?,22?,23?,24?,25?,26-/m0/s1. The Morgan fingerprint density at radius 3 is 1.43 bits per heavy atom. The summed E-state index contributed by atoms with van der Waals surface area (Å²) in [5.74, 6) is 0. The third-order valence-corrected chi connectivity index (χ3v) is 6.26. The van der Waals surface area contributed by atoms with Crippen molar-refractivity contribution in [2.75, 3.05) is 59.5 Å². The molecule has 0 aromatic rings. The van der Waals surface area contributed by atoms with E-state index in [1.165, 1.54) is 0 Å². The second kappa shape index (κ2) is 18.0. The molecule has 37 heavy (non-hydrogen) atoms. The van der Waals surface area contributed by atoms with E-state index in [-0.39, 0.29) is 6.61 Å². The molecule has 11 nitrogen and oxygen atoms in total. The van der Waals surface area contributed by atoms with Gasteiger partial charge in [-0.3, -0.25) is 0 Å². The summed E-state index contributed by atoms with van der Waals surface area (Å²) < 4.78 is 60.8. The third kappa shape index (κ3) is 9.04. The smallest absolute Gasteiger partial charge is 0.187 e. The van der Waals surface area contributed by atoms with Gasteiger partial charge >= 0.3 is 0 Å². The highest BCUT2D eigenvalue weighted by atomic mass is 16.7. The van der Waals surface area contributed by atoms with Crippen molar-refractivity contribution < 1.29 is 52.5 Å². The number of aliphatic hydroxyl groups is 1. The SMILES string of the molecule is CCOCC1O[C@@H](O[C@H]2C(COCC)OC(O)C(OCC)C2OCC)C(OCC)C(OCC)C1OCC. The van der Waals surface area contributed by atoms with Crippen LogP contribution in [-0.4, -0.2) is 126 Å². The van der Waals surface area contributed by atoms with Crippen molar-refractivity contribution in [1.82, 2.24) is 0 Å². The third-order valence-electron chi connectivity index (χ3n) is 6.26. The summed E-state index contributed by atoms with van der Waals surface area (Å²) in [6.07, 6.45) is -6.65. The van der Waals surface area contributed by atoms with Crippen molar-refractivity contribution in [2.45, 2.75) is 110 Å². The molecule has 2 rings (SSSR count). The lowest BCUT2D eigenvalue weighted by Gasteiger charge is -2.49. The molecule has 2 aliphatic rings. The normalized spacial score (nSPS) is 36.6. The molecule has 0 radical (unpaired) electrons. The van der Waals surface area contributed by atoms with Crippen molar-refractivity contribution in [3.63, 3.8) is 0 Å². The first-order valence-corrected chi connectivity index (χ1v) is 13.9. The Morgan fingerprint density at radius 2 is 0.919 bits per heavy atom. The molecule has 2 saturated heterocycles. The second-order valence-electron chi connectivity index (χ2n) is 8.63. The Morgan fingerprint density at radius 1 is 0.486 bits per heavy atom. The Balaban J connectivity index is 2.43. The Labute approximate surface area is 222 Å². The van der Waals surface area contributed by atoms with Gasteiger partial charge in [-0.25, -0.2) is 0 Å². The van der Waals surface area contributed by atoms with Gasteiger partial charge in [0.2, 0.25) is 0 Å². The molecule has 0 bridgehead atoms. The van der Waals surface area contributed by atoms with Crippen LogP contribution in [0.15, 0.2) is 0 Å². The van der Waals surface area contributed by atoms with Crippen molar-refractivity contribution in [3.05, 3.63) is 0 Å². The summed E-state index contributed by atoms with van der Waals surface area (Å²) in [6, 6.07) is 0. The molecule has 0 aliphatic carbocycles. The van der Waals surface area contributed by atoms with Crippen molar-refractivity contribution in [2.24, 2.45) is 0 Å². The van der Waals surface area contributed by atoms with Crippen LogP contribution in [0.4, 0.5) is 0 Å². The van der Waals surface area contributed by atoms with Gasteiger partial charge in [0.05, 0.1) is 13.2 Å². The molecule has 0 aromatic carbocycles. The molecule has 0 aromatic heterocycles. The monoisotopic (exact) mass is 538 g/mol. The van der Waals surface area contributed by atoms with Gasteiger partial charge in [0, 0.05) is 46.2 Å². The molecule has 8 unspecified atom stereocenters. The molecule has 11 heteroatoms. The second-order valence-corrected chi connectivity index (χ2v) is 8.63. The summed E-state index contributed by atoms with van der Waals surface area (Å²) in [7, 11) is 0. The van der Waals surface area contributed by atoms with E-state index in [2.05, 4.69) is 0 Å². The highest BCUT2D eigenvalue weighted by molar-refractivity contribution is 4.97. The van der Waals surface area contributed by atoms with Crippen LogP contribution in [0.3, 0.4) is 0 Å². The van der Waals surface area contributed by atoms with Gasteiger partial charge in [-0.2, -0.15) is 0 Å². The lowest BCUT2D eigenvalue weighted by Crippen LogP contribution is -2.66. The Bertz CT molecular complexity index is 583. The van der Waals surface area contributed by atoms with Crippen molar-refractivity contribution in [3.8, 4) is 0 Å². The molecular weight excluding hydrogens is 488 g/mol. The predicted molar refractivity (Wildman–Crippen MR) is 134 cm³/mol. The Hall–Kier alpha value is -0.440. The molecule has 1 N–H and O–H groups in total. The fourth-order valence-corrected chi connectivity index (χ4v) is 4.84. The van der Waals surface area contributed by atoms with Crippen molar-refractivity contribution in [1.29, 1.82) is 0 Å². The van der Waals surface area contributed by atoms with Crippen LogP contribution in [0.1, 0.15) is 48.5 Å². The molecule has 0 amide bonds. The van der Waals surface area contributed by atoms with Gasteiger partial charge in [0.15, 0.2) is 12.6 Å². The van der Waals surface area contributed by atoms with E-state index in [9.17, 15) is 5.11 Å². The first kappa shape index (κ1) is 32.8. The molecule has 0 saturated carbocycles. The van der Waals surface area contributed by atoms with E-state index in [1.54, 1.807) is 0 Å². The molecule has 2 aliphatic heterocycles. The zero-order valence-electron chi connectivity index (χ0n) is 23.7. The number of ether oxygens (including phenoxy) is 10. The lowest BCUT2D eigenvalue weighted by atomic mass is 9.96. The Kier molecular flexibility index (Phi) is 16.0. The van der Waals surface area contributed by atoms with E-state index < -0.39 is 61.4 Å². The average molecular weight is 539 g/mol. The zero-order valence-corrected chi connectivity index (χ0v) is 23.7. The van der Waals surface area contributed by atoms with Crippen LogP contribution in [0.25, 0.3) is 0 Å². The summed E-state index contributed by atoms with van der Waals surface area (Å²) in [5, 5.41) is 10.7. The largest absolute Gasteiger partial charge is 0.379 e. The maximum Gasteiger partial charge on any atom is 0.187 e. The van der Waals surface area contributed by atoms with Crippen LogP contribution in [0, 0.1) is 0 Å². The molecule has 0 spiro atoms. The minimum absolute atomic E-state index is 0.200. The predicted octanol–water partition coefficient (Wildman–Crippen LogP) is 1.91. The number of rotatable bonds is 18. The van der Waals surface area contributed by atoms with Crippen LogP contribution in [0.2, 0.25) is 0 Å². The summed E-state index contributed by atoms with van der Waals surface area (Å²) >= 11 is 0. The molecule has 2 heterocycles. The molecule has 220 valence electrons. The zero-order chi connectivity index (χ0) is 27.2. The van der Waals surface area contributed by atoms with E-state index in [0.717, 1.165) is 0 Å². The first-order chi connectivity index (χ1) is 18.0. The van der Waals surface area contributed by atoms with Crippen LogP contribution < -0.4 is 0 Å². The highest BCUT2D eigenvalue weighted by Gasteiger charge is 2.53. The van der Waals surface area contributed by atoms with Gasteiger partial charge in [-0.1, -0.05) is 0 Å². The summed E-state index contributed by atoms with van der Waals surface area (Å²) in [4.78, 5) is 0. The fraction of sp³-hybridized carbons (Fsp3) is 1.00. The quantitative estimate of drug-likeness (QED) is 0.276. The van der Waals surface area contributed by atoms with Gasteiger partial charge in [0.25, 0.3) is 0 Å². The molecule has 2 fully saturated rings. The van der Waals surface area contributed by atoms with Crippen molar-refractivity contribution >= 4 is 0 Å².